The zero-order valence-electron chi connectivity index (χ0n) is 11.0. The smallest absolute Gasteiger partial charge is 0.387 e. The lowest BCUT2D eigenvalue weighted by Crippen LogP contribution is -2.41. The maximum absolute atomic E-state index is 12.9. The van der Waals surface area contributed by atoms with Crippen LogP contribution in [-0.4, -0.2) is 44.2 Å². The Morgan fingerprint density at radius 1 is 1.30 bits per heavy atom. The van der Waals surface area contributed by atoms with Gasteiger partial charge in [-0.3, -0.25) is 4.79 Å². The summed E-state index contributed by atoms with van der Waals surface area (Å²) in [5, 5.41) is 2.49. The largest absolute Gasteiger partial charge is 0.418 e. The van der Waals surface area contributed by atoms with Crippen molar-refractivity contribution in [2.24, 2.45) is 0 Å². The monoisotopic (exact) mass is 288 g/mol. The summed E-state index contributed by atoms with van der Waals surface area (Å²) in [5.74, 6) is -0.413. The molecule has 1 aliphatic heterocycles. The lowest BCUT2D eigenvalue weighted by molar-refractivity contribution is -0.136. The van der Waals surface area contributed by atoms with Gasteiger partial charge in [0.25, 0.3) is 5.91 Å². The third kappa shape index (κ3) is 2.87. The molecule has 1 amide bonds. The van der Waals surface area contributed by atoms with Crippen LogP contribution in [0.15, 0.2) is 18.2 Å². The predicted molar refractivity (Wildman–Crippen MR) is 67.7 cm³/mol. The van der Waals surface area contributed by atoms with Gasteiger partial charge < -0.3 is 15.0 Å². The standard InChI is InChI=1S/C13H15F3N2O2/c1-17-11-9(3-2-4-10(11)13(14,15)16)12(19)18-5-7-20-8-6-18/h2-4,17H,5-8H2,1H3. The van der Waals surface area contributed by atoms with E-state index < -0.39 is 17.6 Å². The molecule has 1 aromatic rings. The molecule has 0 aromatic heterocycles. The van der Waals surface area contributed by atoms with Crippen LogP contribution < -0.4 is 5.32 Å². The molecular formula is C13H15F3N2O2. The number of para-hydroxylation sites is 1. The number of anilines is 1. The number of rotatable bonds is 2. The van der Waals surface area contributed by atoms with Crippen molar-refractivity contribution in [3.63, 3.8) is 0 Å². The van der Waals surface area contributed by atoms with Gasteiger partial charge in [0.1, 0.15) is 0 Å². The Morgan fingerprint density at radius 3 is 2.50 bits per heavy atom. The molecule has 110 valence electrons. The van der Waals surface area contributed by atoms with Crippen molar-refractivity contribution in [2.45, 2.75) is 6.18 Å². The van der Waals surface area contributed by atoms with E-state index in [9.17, 15) is 18.0 Å². The first-order valence-electron chi connectivity index (χ1n) is 6.20. The van der Waals surface area contributed by atoms with E-state index in [0.29, 0.717) is 26.3 Å². The Labute approximate surface area is 114 Å². The van der Waals surface area contributed by atoms with E-state index in [1.54, 1.807) is 0 Å². The summed E-state index contributed by atoms with van der Waals surface area (Å²) >= 11 is 0. The third-order valence-electron chi connectivity index (χ3n) is 3.15. The summed E-state index contributed by atoms with van der Waals surface area (Å²) in [6, 6.07) is 3.61. The van der Waals surface area contributed by atoms with Crippen LogP contribution in [0, 0.1) is 0 Å². The second kappa shape index (κ2) is 5.70. The lowest BCUT2D eigenvalue weighted by Gasteiger charge is -2.28. The second-order valence-corrected chi connectivity index (χ2v) is 4.38. The van der Waals surface area contributed by atoms with Crippen LogP contribution in [0.4, 0.5) is 18.9 Å². The van der Waals surface area contributed by atoms with Crippen LogP contribution in [-0.2, 0) is 10.9 Å². The molecule has 1 heterocycles. The van der Waals surface area contributed by atoms with Crippen LogP contribution in [0.3, 0.4) is 0 Å². The van der Waals surface area contributed by atoms with E-state index in [0.717, 1.165) is 6.07 Å². The van der Waals surface area contributed by atoms with Crippen molar-refractivity contribution in [1.82, 2.24) is 4.90 Å². The number of benzene rings is 1. The van der Waals surface area contributed by atoms with Crippen molar-refractivity contribution < 1.29 is 22.7 Å². The Bertz CT molecular complexity index is 497. The minimum Gasteiger partial charge on any atom is -0.387 e. The van der Waals surface area contributed by atoms with E-state index in [1.165, 1.54) is 24.1 Å². The first-order chi connectivity index (χ1) is 9.45. The van der Waals surface area contributed by atoms with Crippen LogP contribution >= 0.6 is 0 Å². The molecule has 1 saturated heterocycles. The first-order valence-corrected chi connectivity index (χ1v) is 6.20. The number of amides is 1. The summed E-state index contributed by atoms with van der Waals surface area (Å²) in [6.07, 6.45) is -4.50. The Balaban J connectivity index is 2.38. The average Bonchev–Trinajstić information content (AvgIpc) is 2.45. The molecule has 0 aliphatic carbocycles. The normalized spacial score (nSPS) is 16.1. The number of carbonyl (C=O) groups is 1. The zero-order chi connectivity index (χ0) is 14.8. The maximum Gasteiger partial charge on any atom is 0.418 e. The van der Waals surface area contributed by atoms with Crippen LogP contribution in [0.25, 0.3) is 0 Å². The van der Waals surface area contributed by atoms with Gasteiger partial charge in [-0.25, -0.2) is 0 Å². The highest BCUT2D eigenvalue weighted by Gasteiger charge is 2.35. The van der Waals surface area contributed by atoms with E-state index >= 15 is 0 Å². The fourth-order valence-corrected chi connectivity index (χ4v) is 2.17. The summed E-state index contributed by atoms with van der Waals surface area (Å²) < 4.78 is 43.9. The molecule has 1 N–H and O–H groups in total. The Hall–Kier alpha value is -1.76. The number of ether oxygens (including phenoxy) is 1. The van der Waals surface area contributed by atoms with E-state index in [-0.39, 0.29) is 11.3 Å². The van der Waals surface area contributed by atoms with Crippen molar-refractivity contribution in [3.8, 4) is 0 Å². The van der Waals surface area contributed by atoms with Gasteiger partial charge in [0.05, 0.1) is 30.0 Å². The minimum absolute atomic E-state index is 0.0317. The average molecular weight is 288 g/mol. The summed E-state index contributed by atoms with van der Waals surface area (Å²) in [5.41, 5.74) is -0.986. The Morgan fingerprint density at radius 2 is 1.95 bits per heavy atom. The molecule has 1 aliphatic rings. The molecule has 7 heteroatoms. The molecule has 20 heavy (non-hydrogen) atoms. The fourth-order valence-electron chi connectivity index (χ4n) is 2.17. The van der Waals surface area contributed by atoms with Gasteiger partial charge in [0, 0.05) is 20.1 Å². The number of alkyl halides is 3. The molecule has 0 unspecified atom stereocenters. The number of morpholine rings is 1. The molecule has 1 fully saturated rings. The van der Waals surface area contributed by atoms with Gasteiger partial charge in [-0.05, 0) is 12.1 Å². The highest BCUT2D eigenvalue weighted by molar-refractivity contribution is 6.00. The van der Waals surface area contributed by atoms with Gasteiger partial charge in [0.15, 0.2) is 0 Å². The highest BCUT2D eigenvalue weighted by atomic mass is 19.4. The number of nitrogens with zero attached hydrogens (tertiary/aromatic N) is 1. The molecule has 0 radical (unpaired) electrons. The molecule has 2 rings (SSSR count). The molecule has 0 bridgehead atoms. The third-order valence-corrected chi connectivity index (χ3v) is 3.15. The SMILES string of the molecule is CNc1c(C(=O)N2CCOCC2)cccc1C(F)(F)F. The number of nitrogens with one attached hydrogen (secondary N) is 1. The molecule has 0 spiro atoms. The topological polar surface area (TPSA) is 41.6 Å². The molecule has 1 aromatic carbocycles. The van der Waals surface area contributed by atoms with E-state index in [2.05, 4.69) is 5.32 Å². The van der Waals surface area contributed by atoms with Gasteiger partial charge in [-0.2, -0.15) is 13.2 Å². The van der Waals surface area contributed by atoms with Crippen molar-refractivity contribution in [1.29, 1.82) is 0 Å². The van der Waals surface area contributed by atoms with E-state index in [4.69, 9.17) is 4.74 Å². The minimum atomic E-state index is -4.50. The summed E-state index contributed by atoms with van der Waals surface area (Å²) in [4.78, 5) is 13.8. The second-order valence-electron chi connectivity index (χ2n) is 4.38. The van der Waals surface area contributed by atoms with Crippen LogP contribution in [0.1, 0.15) is 15.9 Å². The van der Waals surface area contributed by atoms with Gasteiger partial charge in [-0.15, -0.1) is 0 Å². The van der Waals surface area contributed by atoms with Crippen LogP contribution in [0.2, 0.25) is 0 Å². The van der Waals surface area contributed by atoms with Crippen molar-refractivity contribution in [2.75, 3.05) is 38.7 Å². The van der Waals surface area contributed by atoms with Crippen molar-refractivity contribution >= 4 is 11.6 Å². The number of halogens is 3. The molecule has 4 nitrogen and oxygen atoms in total. The lowest BCUT2D eigenvalue weighted by atomic mass is 10.0. The number of hydrogen-bond donors (Lipinski definition) is 1. The highest BCUT2D eigenvalue weighted by Crippen LogP contribution is 2.36. The van der Waals surface area contributed by atoms with Crippen LogP contribution in [0.5, 0.6) is 0 Å². The molecular weight excluding hydrogens is 273 g/mol. The predicted octanol–water partition coefficient (Wildman–Crippen LogP) is 2.22. The number of hydrogen-bond acceptors (Lipinski definition) is 3. The molecule has 0 saturated carbocycles. The zero-order valence-corrected chi connectivity index (χ0v) is 11.0. The van der Waals surface area contributed by atoms with Gasteiger partial charge >= 0.3 is 6.18 Å². The fraction of sp³-hybridized carbons (Fsp3) is 0.462. The summed E-state index contributed by atoms with van der Waals surface area (Å²) in [7, 11) is 1.38. The summed E-state index contributed by atoms with van der Waals surface area (Å²) in [6.45, 7) is 1.58. The van der Waals surface area contributed by atoms with Gasteiger partial charge in [0.2, 0.25) is 0 Å². The van der Waals surface area contributed by atoms with Crippen molar-refractivity contribution in [3.05, 3.63) is 29.3 Å². The quantitative estimate of drug-likeness (QED) is 0.907. The molecule has 0 atom stereocenters. The maximum atomic E-state index is 12.9. The van der Waals surface area contributed by atoms with Gasteiger partial charge in [-0.1, -0.05) is 6.07 Å². The number of carbonyl (C=O) groups excluding carboxylic acids is 1. The first kappa shape index (κ1) is 14.6. The van der Waals surface area contributed by atoms with E-state index in [1.807, 2.05) is 0 Å². The Kier molecular flexibility index (Phi) is 4.17.